The first-order chi connectivity index (χ1) is 4.91. The molecule has 0 aliphatic carbocycles. The van der Waals surface area contributed by atoms with Crippen LogP contribution in [0.5, 0.6) is 0 Å². The fourth-order valence-electron chi connectivity index (χ4n) is 0.655. The molecule has 1 nitrogen and oxygen atoms in total. The van der Waals surface area contributed by atoms with Gasteiger partial charge in [0.2, 0.25) is 0 Å². The fourth-order valence-corrected chi connectivity index (χ4v) is 1.26. The Bertz CT molecular complexity index is 73.7. The Morgan fingerprint density at radius 2 is 2.30 bits per heavy atom. The molecule has 0 unspecified atom stereocenters. The average Bonchev–Trinajstić information content (AvgIpc) is 1.97. The molecule has 0 aromatic rings. The van der Waals surface area contributed by atoms with E-state index in [0.29, 0.717) is 0 Å². The Balaban J connectivity index is 2.70. The van der Waals surface area contributed by atoms with E-state index in [1.165, 1.54) is 19.3 Å². The van der Waals surface area contributed by atoms with Crippen molar-refractivity contribution in [3.8, 4) is 0 Å². The zero-order valence-corrected chi connectivity index (χ0v) is 7.96. The van der Waals surface area contributed by atoms with Crippen molar-refractivity contribution in [2.75, 3.05) is 6.61 Å². The predicted octanol–water partition coefficient (Wildman–Crippen LogP) is 2.42. The summed E-state index contributed by atoms with van der Waals surface area (Å²) in [5.74, 6) is 0. The molecule has 0 saturated heterocycles. The Morgan fingerprint density at radius 1 is 1.50 bits per heavy atom. The van der Waals surface area contributed by atoms with Crippen molar-refractivity contribution in [1.29, 1.82) is 0 Å². The Kier molecular flexibility index (Phi) is 9.45. The van der Waals surface area contributed by atoms with Crippen LogP contribution in [-0.2, 0) is 3.79 Å². The molecule has 0 aromatic heterocycles. The molecule has 10 heavy (non-hydrogen) atoms. The molecule has 0 aliphatic rings. The van der Waals surface area contributed by atoms with Crippen molar-refractivity contribution in [3.05, 3.63) is 12.7 Å². The molecule has 0 heterocycles. The van der Waals surface area contributed by atoms with Crippen LogP contribution in [0.3, 0.4) is 0 Å². The quantitative estimate of drug-likeness (QED) is 0.311. The summed E-state index contributed by atoms with van der Waals surface area (Å²) >= 11 is 0.195. The van der Waals surface area contributed by atoms with Gasteiger partial charge in [0.05, 0.1) is 0 Å². The van der Waals surface area contributed by atoms with E-state index in [4.69, 9.17) is 3.79 Å². The third-order valence-electron chi connectivity index (χ3n) is 1.25. The Morgan fingerprint density at radius 3 is 2.90 bits per heavy atom. The summed E-state index contributed by atoms with van der Waals surface area (Å²) in [7, 11) is 0. The van der Waals surface area contributed by atoms with Gasteiger partial charge in [-0.25, -0.2) is 0 Å². The monoisotopic (exact) mass is 155 g/mol. The van der Waals surface area contributed by atoms with Crippen LogP contribution in [0.25, 0.3) is 0 Å². The topological polar surface area (TPSA) is 9.23 Å². The van der Waals surface area contributed by atoms with Gasteiger partial charge in [0, 0.05) is 0 Å². The maximum atomic E-state index is 5.39. The number of hydrogen-bond acceptors (Lipinski definition) is 1. The minimum atomic E-state index is 0.195. The van der Waals surface area contributed by atoms with Crippen LogP contribution < -0.4 is 0 Å². The van der Waals surface area contributed by atoms with Gasteiger partial charge in [-0.15, -0.1) is 0 Å². The van der Waals surface area contributed by atoms with Gasteiger partial charge < -0.3 is 0 Å². The Hall–Kier alpha value is 0.232. The SMILES string of the molecule is C=C[CH2][Al+][O]CCCCC. The van der Waals surface area contributed by atoms with Crippen LogP contribution in [0.2, 0.25) is 5.28 Å². The van der Waals surface area contributed by atoms with Gasteiger partial charge in [0.1, 0.15) is 0 Å². The fraction of sp³-hybridized carbons (Fsp3) is 0.750. The maximum absolute atomic E-state index is 5.39. The van der Waals surface area contributed by atoms with Gasteiger partial charge in [0.25, 0.3) is 0 Å². The molecule has 0 saturated carbocycles. The Labute approximate surface area is 70.5 Å². The van der Waals surface area contributed by atoms with Crippen molar-refractivity contribution in [3.63, 3.8) is 0 Å². The second kappa shape index (κ2) is 9.23. The van der Waals surface area contributed by atoms with E-state index in [-0.39, 0.29) is 15.6 Å². The summed E-state index contributed by atoms with van der Waals surface area (Å²) in [4.78, 5) is 0. The van der Waals surface area contributed by atoms with Crippen molar-refractivity contribution >= 4 is 15.6 Å². The van der Waals surface area contributed by atoms with Gasteiger partial charge in [0.15, 0.2) is 0 Å². The minimum absolute atomic E-state index is 0.195. The predicted molar refractivity (Wildman–Crippen MR) is 46.2 cm³/mol. The summed E-state index contributed by atoms with van der Waals surface area (Å²) in [6.07, 6.45) is 5.73. The molecule has 0 rings (SSSR count). The third kappa shape index (κ3) is 8.23. The number of rotatable bonds is 7. The summed E-state index contributed by atoms with van der Waals surface area (Å²) in [5.41, 5.74) is 0. The van der Waals surface area contributed by atoms with E-state index in [1.54, 1.807) is 0 Å². The molecule has 0 radical (unpaired) electrons. The molecule has 2 heteroatoms. The van der Waals surface area contributed by atoms with Gasteiger partial charge in [-0.05, 0) is 0 Å². The van der Waals surface area contributed by atoms with Crippen molar-refractivity contribution in [1.82, 2.24) is 0 Å². The summed E-state index contributed by atoms with van der Waals surface area (Å²) < 4.78 is 5.39. The van der Waals surface area contributed by atoms with E-state index in [2.05, 4.69) is 13.5 Å². The van der Waals surface area contributed by atoms with Crippen LogP contribution in [0.15, 0.2) is 12.7 Å². The van der Waals surface area contributed by atoms with E-state index in [9.17, 15) is 0 Å². The van der Waals surface area contributed by atoms with E-state index < -0.39 is 0 Å². The molecule has 56 valence electrons. The molecule has 0 spiro atoms. The molecule has 0 bridgehead atoms. The molecule has 0 aliphatic heterocycles. The first kappa shape index (κ1) is 10.2. The van der Waals surface area contributed by atoms with E-state index >= 15 is 0 Å². The molecule has 0 amide bonds. The second-order valence-corrected chi connectivity index (χ2v) is 3.41. The van der Waals surface area contributed by atoms with Crippen LogP contribution in [0, 0.1) is 0 Å². The van der Waals surface area contributed by atoms with Crippen LogP contribution >= 0.6 is 0 Å². The molecular weight excluding hydrogens is 139 g/mol. The second-order valence-electron chi connectivity index (χ2n) is 2.27. The average molecular weight is 155 g/mol. The third-order valence-corrected chi connectivity index (χ3v) is 2.24. The number of unbranched alkanes of at least 4 members (excludes halogenated alkanes) is 2. The molecule has 0 aromatic carbocycles. The van der Waals surface area contributed by atoms with Crippen LogP contribution in [-0.4, -0.2) is 22.2 Å². The zero-order chi connectivity index (χ0) is 7.66. The van der Waals surface area contributed by atoms with Crippen LogP contribution in [0.1, 0.15) is 26.2 Å². The number of hydrogen-bond donors (Lipinski definition) is 0. The van der Waals surface area contributed by atoms with Gasteiger partial charge in [-0.3, -0.25) is 0 Å². The first-order valence-electron chi connectivity index (χ1n) is 3.96. The van der Waals surface area contributed by atoms with Gasteiger partial charge in [-0.1, -0.05) is 0 Å². The van der Waals surface area contributed by atoms with Gasteiger partial charge >= 0.3 is 70.1 Å². The van der Waals surface area contributed by atoms with E-state index in [0.717, 1.165) is 11.9 Å². The van der Waals surface area contributed by atoms with Crippen molar-refractivity contribution in [2.45, 2.75) is 31.5 Å². The molecule has 0 fully saturated rings. The van der Waals surface area contributed by atoms with E-state index in [1.807, 2.05) is 6.08 Å². The molecule has 0 atom stereocenters. The summed E-state index contributed by atoms with van der Waals surface area (Å²) in [5, 5.41) is 1.06. The van der Waals surface area contributed by atoms with Crippen molar-refractivity contribution < 1.29 is 3.79 Å². The van der Waals surface area contributed by atoms with Crippen LogP contribution in [0.4, 0.5) is 0 Å². The van der Waals surface area contributed by atoms with Gasteiger partial charge in [-0.2, -0.15) is 0 Å². The summed E-state index contributed by atoms with van der Waals surface area (Å²) in [6.45, 7) is 6.80. The zero-order valence-electron chi connectivity index (χ0n) is 6.81. The molecular formula is C8H16AlO+. The normalized spacial score (nSPS) is 8.90. The standard InChI is InChI=1S/C5H11O.C3H5.Al/c1-2-3-4-5-6;1-3-2;/h2-5H2,1H3;3H,1-2H2;/q-1;;+2. The molecule has 0 N–H and O–H groups in total. The number of allylic oxidation sites excluding steroid dienone is 1. The summed E-state index contributed by atoms with van der Waals surface area (Å²) in [6, 6.07) is 0. The first-order valence-corrected chi connectivity index (χ1v) is 5.24. The van der Waals surface area contributed by atoms with Crippen molar-refractivity contribution in [2.24, 2.45) is 0 Å².